The van der Waals surface area contributed by atoms with E-state index in [2.05, 4.69) is 0 Å². The first-order chi connectivity index (χ1) is 6.29. The van der Waals surface area contributed by atoms with Crippen LogP contribution in [0.3, 0.4) is 0 Å². The zero-order chi connectivity index (χ0) is 10.9. The molecule has 3 nitrogen and oxygen atoms in total. The number of hydrogen-bond donors (Lipinski definition) is 1. The standard InChI is InChI=1S/C7H5F3O3S/c8-5-1-4(3-14(11,12)13)7(10)6(9)2-5/h1-2H,3H2,(H,11,12,13). The predicted octanol–water partition coefficient (Wildman–Crippen LogP) is 1.49. The molecule has 78 valence electrons. The highest BCUT2D eigenvalue weighted by Crippen LogP contribution is 2.16. The van der Waals surface area contributed by atoms with Gasteiger partial charge in [0.05, 0.1) is 0 Å². The third-order valence-corrected chi connectivity index (χ3v) is 2.08. The maximum absolute atomic E-state index is 12.8. The van der Waals surface area contributed by atoms with Crippen LogP contribution >= 0.6 is 0 Å². The smallest absolute Gasteiger partial charge is 0.269 e. The summed E-state index contributed by atoms with van der Waals surface area (Å²) in [6.07, 6.45) is 0. The van der Waals surface area contributed by atoms with Crippen LogP contribution in [0.1, 0.15) is 5.56 Å². The van der Waals surface area contributed by atoms with Crippen molar-refractivity contribution in [3.05, 3.63) is 35.1 Å². The first-order valence-electron chi connectivity index (χ1n) is 3.38. The van der Waals surface area contributed by atoms with E-state index < -0.39 is 38.9 Å². The topological polar surface area (TPSA) is 54.4 Å². The molecule has 0 heterocycles. The van der Waals surface area contributed by atoms with Gasteiger partial charge in [0.2, 0.25) is 0 Å². The Morgan fingerprint density at radius 1 is 1.21 bits per heavy atom. The van der Waals surface area contributed by atoms with Crippen LogP contribution < -0.4 is 0 Å². The molecule has 0 aliphatic heterocycles. The Hall–Kier alpha value is -1.08. The fraction of sp³-hybridized carbons (Fsp3) is 0.143. The van der Waals surface area contributed by atoms with E-state index in [1.54, 1.807) is 0 Å². The third-order valence-electron chi connectivity index (χ3n) is 1.41. The minimum atomic E-state index is -4.51. The van der Waals surface area contributed by atoms with E-state index >= 15 is 0 Å². The molecule has 0 amide bonds. The van der Waals surface area contributed by atoms with Gasteiger partial charge in [-0.05, 0) is 6.07 Å². The van der Waals surface area contributed by atoms with E-state index in [0.29, 0.717) is 6.07 Å². The lowest BCUT2D eigenvalue weighted by Crippen LogP contribution is -2.05. The van der Waals surface area contributed by atoms with Crippen molar-refractivity contribution in [2.24, 2.45) is 0 Å². The van der Waals surface area contributed by atoms with Crippen LogP contribution in [0, 0.1) is 17.5 Å². The van der Waals surface area contributed by atoms with Crippen LogP contribution in [0.15, 0.2) is 12.1 Å². The molecule has 0 atom stereocenters. The van der Waals surface area contributed by atoms with Gasteiger partial charge in [0.1, 0.15) is 11.6 Å². The molecule has 0 aliphatic carbocycles. The summed E-state index contributed by atoms with van der Waals surface area (Å²) in [4.78, 5) is 0. The van der Waals surface area contributed by atoms with E-state index in [-0.39, 0.29) is 6.07 Å². The summed E-state index contributed by atoms with van der Waals surface area (Å²) < 4.78 is 66.8. The zero-order valence-corrected chi connectivity index (χ0v) is 7.48. The van der Waals surface area contributed by atoms with Gasteiger partial charge in [-0.15, -0.1) is 0 Å². The summed E-state index contributed by atoms with van der Waals surface area (Å²) in [5.41, 5.74) is -0.745. The molecular weight excluding hydrogens is 221 g/mol. The quantitative estimate of drug-likeness (QED) is 0.614. The van der Waals surface area contributed by atoms with Gasteiger partial charge >= 0.3 is 0 Å². The molecule has 14 heavy (non-hydrogen) atoms. The van der Waals surface area contributed by atoms with E-state index in [4.69, 9.17) is 4.55 Å². The van der Waals surface area contributed by atoms with Crippen molar-refractivity contribution in [2.45, 2.75) is 5.75 Å². The second kappa shape index (κ2) is 3.58. The SMILES string of the molecule is O=S(=O)(O)Cc1cc(F)cc(F)c1F. The maximum Gasteiger partial charge on any atom is 0.269 e. The molecular formula is C7H5F3O3S. The average Bonchev–Trinajstić information content (AvgIpc) is 1.96. The van der Waals surface area contributed by atoms with Crippen molar-refractivity contribution in [2.75, 3.05) is 0 Å². The van der Waals surface area contributed by atoms with Crippen LogP contribution in [0.5, 0.6) is 0 Å². The number of rotatable bonds is 2. The van der Waals surface area contributed by atoms with Gasteiger partial charge in [-0.1, -0.05) is 0 Å². The fourth-order valence-electron chi connectivity index (χ4n) is 0.911. The van der Waals surface area contributed by atoms with Crippen molar-refractivity contribution in [1.82, 2.24) is 0 Å². The molecule has 0 radical (unpaired) electrons. The number of hydrogen-bond acceptors (Lipinski definition) is 2. The minimum absolute atomic E-state index is 0.281. The van der Waals surface area contributed by atoms with Gasteiger partial charge in [-0.25, -0.2) is 13.2 Å². The van der Waals surface area contributed by atoms with Crippen molar-refractivity contribution >= 4 is 10.1 Å². The van der Waals surface area contributed by atoms with Crippen LogP contribution in [0.25, 0.3) is 0 Å². The molecule has 1 N–H and O–H groups in total. The lowest BCUT2D eigenvalue weighted by molar-refractivity contribution is 0.470. The van der Waals surface area contributed by atoms with Gasteiger partial charge in [0.15, 0.2) is 11.6 Å². The zero-order valence-electron chi connectivity index (χ0n) is 6.67. The Kier molecular flexibility index (Phi) is 2.81. The molecule has 0 aliphatic rings. The first kappa shape index (κ1) is 11.0. The Morgan fingerprint density at radius 2 is 1.79 bits per heavy atom. The van der Waals surface area contributed by atoms with Gasteiger partial charge in [-0.2, -0.15) is 8.42 Å². The van der Waals surface area contributed by atoms with Crippen molar-refractivity contribution in [3.8, 4) is 0 Å². The molecule has 0 saturated carbocycles. The predicted molar refractivity (Wildman–Crippen MR) is 41.6 cm³/mol. The molecule has 0 saturated heterocycles. The Bertz CT molecular complexity index is 455. The van der Waals surface area contributed by atoms with Crippen molar-refractivity contribution < 1.29 is 26.1 Å². The van der Waals surface area contributed by atoms with E-state index in [9.17, 15) is 21.6 Å². The van der Waals surface area contributed by atoms with Crippen LogP contribution in [0.2, 0.25) is 0 Å². The van der Waals surface area contributed by atoms with Crippen LogP contribution in [-0.4, -0.2) is 13.0 Å². The molecule has 0 fully saturated rings. The second-order valence-corrected chi connectivity index (χ2v) is 4.04. The second-order valence-electron chi connectivity index (χ2n) is 2.59. The van der Waals surface area contributed by atoms with Gasteiger partial charge in [-0.3, -0.25) is 4.55 Å². The Morgan fingerprint density at radius 3 is 2.29 bits per heavy atom. The normalized spacial score (nSPS) is 11.7. The molecule has 1 aromatic rings. The van der Waals surface area contributed by atoms with Gasteiger partial charge in [0, 0.05) is 11.6 Å². The van der Waals surface area contributed by atoms with Crippen molar-refractivity contribution in [1.29, 1.82) is 0 Å². The summed E-state index contributed by atoms with van der Waals surface area (Å²) in [6, 6.07) is 0.787. The number of halogens is 3. The average molecular weight is 226 g/mol. The number of benzene rings is 1. The molecule has 7 heteroatoms. The molecule has 0 spiro atoms. The van der Waals surface area contributed by atoms with Gasteiger partial charge < -0.3 is 0 Å². The minimum Gasteiger partial charge on any atom is -0.285 e. The molecule has 0 unspecified atom stereocenters. The Balaban J connectivity index is 3.22. The third kappa shape index (κ3) is 2.71. The van der Waals surface area contributed by atoms with E-state index in [1.807, 2.05) is 0 Å². The molecule has 1 rings (SSSR count). The van der Waals surface area contributed by atoms with E-state index in [0.717, 1.165) is 0 Å². The summed E-state index contributed by atoms with van der Waals surface area (Å²) in [6.45, 7) is 0. The largest absolute Gasteiger partial charge is 0.285 e. The van der Waals surface area contributed by atoms with E-state index in [1.165, 1.54) is 0 Å². The van der Waals surface area contributed by atoms with Crippen molar-refractivity contribution in [3.63, 3.8) is 0 Å². The Labute approximate surface area is 77.9 Å². The van der Waals surface area contributed by atoms with Crippen LogP contribution in [-0.2, 0) is 15.9 Å². The summed E-state index contributed by atoms with van der Waals surface area (Å²) in [5, 5.41) is 0. The molecule has 0 bridgehead atoms. The maximum atomic E-state index is 12.8. The molecule has 1 aromatic carbocycles. The first-order valence-corrected chi connectivity index (χ1v) is 4.99. The summed E-state index contributed by atoms with van der Waals surface area (Å²) in [7, 11) is -4.51. The highest BCUT2D eigenvalue weighted by Gasteiger charge is 2.16. The molecule has 0 aromatic heterocycles. The monoisotopic (exact) mass is 226 g/mol. The summed E-state index contributed by atoms with van der Waals surface area (Å²) in [5.74, 6) is -5.25. The van der Waals surface area contributed by atoms with Crippen LogP contribution in [0.4, 0.5) is 13.2 Å². The summed E-state index contributed by atoms with van der Waals surface area (Å²) >= 11 is 0. The lowest BCUT2D eigenvalue weighted by atomic mass is 10.2. The highest BCUT2D eigenvalue weighted by atomic mass is 32.2. The highest BCUT2D eigenvalue weighted by molar-refractivity contribution is 7.85. The lowest BCUT2D eigenvalue weighted by Gasteiger charge is -2.01. The van der Waals surface area contributed by atoms with Gasteiger partial charge in [0.25, 0.3) is 10.1 Å². The fourth-order valence-corrected chi connectivity index (χ4v) is 1.51.